The van der Waals surface area contributed by atoms with Gasteiger partial charge in [-0.2, -0.15) is 0 Å². The molecule has 5 heteroatoms. The highest BCUT2D eigenvalue weighted by Crippen LogP contribution is 2.13. The van der Waals surface area contributed by atoms with Gasteiger partial charge in [0.2, 0.25) is 0 Å². The van der Waals surface area contributed by atoms with Crippen LogP contribution in [0.4, 0.5) is 0 Å². The summed E-state index contributed by atoms with van der Waals surface area (Å²) in [6.07, 6.45) is 0. The quantitative estimate of drug-likeness (QED) is 0.325. The maximum atomic E-state index is 5.75. The third kappa shape index (κ3) is 7.89. The molecule has 0 N–H and O–H groups in total. The van der Waals surface area contributed by atoms with Gasteiger partial charge in [0.05, 0.1) is 13.3 Å². The summed E-state index contributed by atoms with van der Waals surface area (Å²) in [7, 11) is -1.99. The van der Waals surface area contributed by atoms with Gasteiger partial charge in [0.25, 0.3) is 0 Å². The molecule has 0 saturated carbocycles. The van der Waals surface area contributed by atoms with E-state index in [0.29, 0.717) is 6.73 Å². The molecule has 0 aliphatic carbocycles. The van der Waals surface area contributed by atoms with Crippen LogP contribution >= 0.6 is 0 Å². The van der Waals surface area contributed by atoms with Crippen molar-refractivity contribution in [1.82, 2.24) is 4.90 Å². The van der Waals surface area contributed by atoms with Gasteiger partial charge in [-0.25, -0.2) is 0 Å². The fourth-order valence-corrected chi connectivity index (χ4v) is 3.76. The number of hydrogen-bond acceptors (Lipinski definition) is 4. The summed E-state index contributed by atoms with van der Waals surface area (Å²) in [6.45, 7) is 15.4. The molecule has 0 amide bonds. The summed E-state index contributed by atoms with van der Waals surface area (Å²) in [4.78, 5) is 2.25. The van der Waals surface area contributed by atoms with Crippen LogP contribution in [0.25, 0.3) is 0 Å². The smallest absolute Gasteiger partial charge is 0.337 e. The molecule has 0 aromatic carbocycles. The van der Waals surface area contributed by atoms with E-state index in [4.69, 9.17) is 13.6 Å². The van der Waals surface area contributed by atoms with Crippen molar-refractivity contribution in [1.29, 1.82) is 0 Å². The second-order valence-electron chi connectivity index (χ2n) is 4.09. The summed E-state index contributed by atoms with van der Waals surface area (Å²) < 4.78 is 17.2. The second kappa shape index (κ2) is 10.0. The SMILES string of the molecule is CCO[Si](C)(CCOCN(CC)CC)OCC. The lowest BCUT2D eigenvalue weighted by Gasteiger charge is -2.26. The van der Waals surface area contributed by atoms with Gasteiger partial charge in [-0.3, -0.25) is 4.90 Å². The standard InChI is InChI=1S/C12H29NO3Si/c1-6-13(7-2)12-14-10-11-17(5,15-8-3)16-9-4/h6-12H2,1-5H3. The fraction of sp³-hybridized carbons (Fsp3) is 1.00. The molecular weight excluding hydrogens is 234 g/mol. The summed E-state index contributed by atoms with van der Waals surface area (Å²) in [6, 6.07) is 0.899. The van der Waals surface area contributed by atoms with Gasteiger partial charge in [-0.1, -0.05) is 13.8 Å². The predicted octanol–water partition coefficient (Wildman–Crippen LogP) is 2.45. The Morgan fingerprint density at radius 2 is 1.47 bits per heavy atom. The van der Waals surface area contributed by atoms with Crippen LogP contribution in [0.15, 0.2) is 0 Å². The van der Waals surface area contributed by atoms with E-state index in [2.05, 4.69) is 25.3 Å². The number of ether oxygens (including phenoxy) is 1. The average Bonchev–Trinajstić information content (AvgIpc) is 2.30. The van der Waals surface area contributed by atoms with Crippen LogP contribution in [0.5, 0.6) is 0 Å². The zero-order chi connectivity index (χ0) is 13.1. The second-order valence-corrected chi connectivity index (χ2v) is 7.44. The Hall–Kier alpha value is 0.0569. The van der Waals surface area contributed by atoms with E-state index in [1.54, 1.807) is 0 Å². The maximum Gasteiger partial charge on any atom is 0.337 e. The Labute approximate surface area is 107 Å². The molecule has 0 atom stereocenters. The minimum atomic E-state index is -1.99. The van der Waals surface area contributed by atoms with Crippen molar-refractivity contribution in [3.05, 3.63) is 0 Å². The number of hydrogen-bond donors (Lipinski definition) is 0. The van der Waals surface area contributed by atoms with E-state index in [9.17, 15) is 0 Å². The minimum absolute atomic E-state index is 0.704. The molecule has 0 aromatic rings. The van der Waals surface area contributed by atoms with Crippen molar-refractivity contribution >= 4 is 8.56 Å². The lowest BCUT2D eigenvalue weighted by atomic mass is 10.6. The predicted molar refractivity (Wildman–Crippen MR) is 73.4 cm³/mol. The van der Waals surface area contributed by atoms with Crippen LogP contribution in [0.2, 0.25) is 12.6 Å². The summed E-state index contributed by atoms with van der Waals surface area (Å²) >= 11 is 0. The maximum absolute atomic E-state index is 5.75. The molecule has 0 rings (SSSR count). The van der Waals surface area contributed by atoms with Crippen molar-refractivity contribution < 1.29 is 13.6 Å². The first-order valence-electron chi connectivity index (χ1n) is 6.69. The zero-order valence-electron chi connectivity index (χ0n) is 12.1. The van der Waals surface area contributed by atoms with Crippen molar-refractivity contribution in [2.75, 3.05) is 39.6 Å². The Morgan fingerprint density at radius 3 is 1.88 bits per heavy atom. The van der Waals surface area contributed by atoms with E-state index in [1.807, 2.05) is 13.8 Å². The average molecular weight is 263 g/mol. The molecule has 0 aliphatic heterocycles. The molecule has 0 unspecified atom stereocenters. The molecule has 104 valence electrons. The highest BCUT2D eigenvalue weighted by molar-refractivity contribution is 6.66. The van der Waals surface area contributed by atoms with E-state index < -0.39 is 8.56 Å². The number of rotatable bonds is 11. The van der Waals surface area contributed by atoms with Crippen molar-refractivity contribution in [3.63, 3.8) is 0 Å². The third-order valence-electron chi connectivity index (χ3n) is 2.77. The fourth-order valence-electron chi connectivity index (χ4n) is 1.65. The summed E-state index contributed by atoms with van der Waals surface area (Å²) in [5.74, 6) is 0. The van der Waals surface area contributed by atoms with Crippen molar-refractivity contribution in [3.8, 4) is 0 Å². The molecule has 0 bridgehead atoms. The van der Waals surface area contributed by atoms with Crippen LogP contribution in [-0.4, -0.2) is 53.1 Å². The van der Waals surface area contributed by atoms with E-state index >= 15 is 0 Å². The normalized spacial score (nSPS) is 12.4. The van der Waals surface area contributed by atoms with Crippen molar-refractivity contribution in [2.24, 2.45) is 0 Å². The van der Waals surface area contributed by atoms with E-state index in [-0.39, 0.29) is 0 Å². The monoisotopic (exact) mass is 263 g/mol. The van der Waals surface area contributed by atoms with Crippen LogP contribution in [-0.2, 0) is 13.6 Å². The van der Waals surface area contributed by atoms with Crippen LogP contribution in [0, 0.1) is 0 Å². The lowest BCUT2D eigenvalue weighted by molar-refractivity contribution is 0.0371. The van der Waals surface area contributed by atoms with Crippen LogP contribution < -0.4 is 0 Å². The molecule has 0 spiro atoms. The highest BCUT2D eigenvalue weighted by atomic mass is 28.4. The van der Waals surface area contributed by atoms with Gasteiger partial charge >= 0.3 is 8.56 Å². The van der Waals surface area contributed by atoms with E-state index in [1.165, 1.54) is 0 Å². The Morgan fingerprint density at radius 1 is 0.941 bits per heavy atom. The van der Waals surface area contributed by atoms with Gasteiger partial charge in [0.15, 0.2) is 0 Å². The first-order valence-corrected chi connectivity index (χ1v) is 9.22. The van der Waals surface area contributed by atoms with E-state index in [0.717, 1.165) is 39.0 Å². The first kappa shape index (κ1) is 17.1. The van der Waals surface area contributed by atoms with Gasteiger partial charge < -0.3 is 13.6 Å². The summed E-state index contributed by atoms with van der Waals surface area (Å²) in [5, 5.41) is 0. The third-order valence-corrected chi connectivity index (χ3v) is 5.68. The Balaban J connectivity index is 3.81. The van der Waals surface area contributed by atoms with Gasteiger partial charge in [0.1, 0.15) is 0 Å². The van der Waals surface area contributed by atoms with Gasteiger partial charge in [-0.05, 0) is 33.5 Å². The molecule has 0 saturated heterocycles. The molecule has 0 aromatic heterocycles. The molecule has 0 radical (unpaired) electrons. The minimum Gasteiger partial charge on any atom is -0.395 e. The van der Waals surface area contributed by atoms with Gasteiger partial charge in [0, 0.05) is 19.3 Å². The molecule has 17 heavy (non-hydrogen) atoms. The Bertz CT molecular complexity index is 171. The highest BCUT2D eigenvalue weighted by Gasteiger charge is 2.30. The molecule has 4 nitrogen and oxygen atoms in total. The van der Waals surface area contributed by atoms with Crippen LogP contribution in [0.3, 0.4) is 0 Å². The molecule has 0 fully saturated rings. The largest absolute Gasteiger partial charge is 0.395 e. The lowest BCUT2D eigenvalue weighted by Crippen LogP contribution is -2.40. The first-order chi connectivity index (χ1) is 8.11. The summed E-state index contributed by atoms with van der Waals surface area (Å²) in [5.41, 5.74) is 0. The zero-order valence-corrected chi connectivity index (χ0v) is 13.1. The van der Waals surface area contributed by atoms with Gasteiger partial charge in [-0.15, -0.1) is 0 Å². The Kier molecular flexibility index (Phi) is 10.1. The van der Waals surface area contributed by atoms with Crippen LogP contribution in [0.1, 0.15) is 27.7 Å². The topological polar surface area (TPSA) is 30.9 Å². The molecule has 0 aliphatic rings. The molecular formula is C12H29NO3Si. The number of nitrogens with zero attached hydrogens (tertiary/aromatic N) is 1. The molecule has 0 heterocycles. The van der Waals surface area contributed by atoms with Crippen molar-refractivity contribution in [2.45, 2.75) is 40.3 Å².